The molecule has 1 aromatic carbocycles. The Hall–Kier alpha value is -2.15. The molecule has 2 heterocycles. The molecule has 4 atom stereocenters. The number of pyridine rings is 1. The van der Waals surface area contributed by atoms with Crippen molar-refractivity contribution in [3.63, 3.8) is 0 Å². The molecule has 4 rings (SSSR count). The molecule has 6 heteroatoms. The van der Waals surface area contributed by atoms with E-state index in [1.807, 2.05) is 30.3 Å². The van der Waals surface area contributed by atoms with Gasteiger partial charge in [-0.1, -0.05) is 18.2 Å². The SMILES string of the molecule is Oc1ccc([C@H](O)CN2C[C@H]3C[C@H](Oc4ccccc4)C[C@@]3(O)C2)nc1. The van der Waals surface area contributed by atoms with Crippen molar-refractivity contribution in [2.24, 2.45) is 5.92 Å². The fraction of sp³-hybridized carbons (Fsp3) is 0.450. The molecule has 2 aliphatic rings. The average Bonchev–Trinajstić information content (AvgIpc) is 3.06. The molecule has 6 nitrogen and oxygen atoms in total. The fourth-order valence-corrected chi connectivity index (χ4v) is 4.24. The van der Waals surface area contributed by atoms with Gasteiger partial charge in [0.15, 0.2) is 0 Å². The molecule has 3 N–H and O–H groups in total. The van der Waals surface area contributed by atoms with E-state index in [-0.39, 0.29) is 17.8 Å². The fourth-order valence-electron chi connectivity index (χ4n) is 4.24. The van der Waals surface area contributed by atoms with E-state index in [1.165, 1.54) is 12.3 Å². The first-order valence-electron chi connectivity index (χ1n) is 9.01. The van der Waals surface area contributed by atoms with Gasteiger partial charge in [0.1, 0.15) is 23.7 Å². The summed E-state index contributed by atoms with van der Waals surface area (Å²) in [4.78, 5) is 6.15. The minimum atomic E-state index is -0.762. The first-order chi connectivity index (χ1) is 12.5. The maximum atomic E-state index is 11.0. The summed E-state index contributed by atoms with van der Waals surface area (Å²) < 4.78 is 6.01. The molecule has 0 spiro atoms. The first-order valence-corrected chi connectivity index (χ1v) is 9.01. The van der Waals surface area contributed by atoms with Crippen LogP contribution in [0.25, 0.3) is 0 Å². The van der Waals surface area contributed by atoms with Gasteiger partial charge in [-0.25, -0.2) is 0 Å². The van der Waals surface area contributed by atoms with Crippen LogP contribution in [0.5, 0.6) is 11.5 Å². The molecule has 1 aromatic heterocycles. The lowest BCUT2D eigenvalue weighted by Gasteiger charge is -2.24. The Balaban J connectivity index is 1.33. The minimum absolute atomic E-state index is 0.0261. The van der Waals surface area contributed by atoms with Crippen LogP contribution in [-0.2, 0) is 0 Å². The number of likely N-dealkylation sites (tertiary alicyclic amines) is 1. The highest BCUT2D eigenvalue weighted by Crippen LogP contribution is 2.43. The molecule has 138 valence electrons. The third-order valence-electron chi connectivity index (χ3n) is 5.45. The van der Waals surface area contributed by atoms with Gasteiger partial charge in [0.05, 0.1) is 17.5 Å². The van der Waals surface area contributed by atoms with Gasteiger partial charge in [-0.15, -0.1) is 0 Å². The van der Waals surface area contributed by atoms with Gasteiger partial charge in [0.2, 0.25) is 0 Å². The zero-order valence-corrected chi connectivity index (χ0v) is 14.5. The van der Waals surface area contributed by atoms with E-state index in [1.54, 1.807) is 6.07 Å². The van der Waals surface area contributed by atoms with Crippen molar-refractivity contribution < 1.29 is 20.1 Å². The Morgan fingerprint density at radius 3 is 2.73 bits per heavy atom. The largest absolute Gasteiger partial charge is 0.506 e. The van der Waals surface area contributed by atoms with Crippen LogP contribution < -0.4 is 4.74 Å². The van der Waals surface area contributed by atoms with Gasteiger partial charge >= 0.3 is 0 Å². The second kappa shape index (κ2) is 6.87. The van der Waals surface area contributed by atoms with Gasteiger partial charge in [-0.3, -0.25) is 9.88 Å². The molecule has 2 aromatic rings. The average molecular weight is 356 g/mol. The van der Waals surface area contributed by atoms with Crippen LogP contribution in [0.1, 0.15) is 24.6 Å². The monoisotopic (exact) mass is 356 g/mol. The normalized spacial score (nSPS) is 29.5. The van der Waals surface area contributed by atoms with Crippen molar-refractivity contribution in [1.29, 1.82) is 0 Å². The number of aromatic hydroxyl groups is 1. The van der Waals surface area contributed by atoms with Gasteiger partial charge in [0.25, 0.3) is 0 Å². The number of nitrogens with zero attached hydrogens (tertiary/aromatic N) is 2. The van der Waals surface area contributed by atoms with Crippen molar-refractivity contribution in [3.05, 3.63) is 54.4 Å². The molecule has 0 unspecified atom stereocenters. The quantitative estimate of drug-likeness (QED) is 0.756. The van der Waals surface area contributed by atoms with Crippen molar-refractivity contribution >= 4 is 0 Å². The number of hydrogen-bond acceptors (Lipinski definition) is 6. The van der Waals surface area contributed by atoms with E-state index in [0.717, 1.165) is 18.7 Å². The van der Waals surface area contributed by atoms with E-state index in [0.29, 0.717) is 25.2 Å². The number of para-hydroxylation sites is 1. The van der Waals surface area contributed by atoms with Crippen LogP contribution in [0.2, 0.25) is 0 Å². The van der Waals surface area contributed by atoms with Crippen LogP contribution in [0.15, 0.2) is 48.7 Å². The summed E-state index contributed by atoms with van der Waals surface area (Å²) in [6, 6.07) is 12.9. The molecule has 0 amide bonds. The number of hydrogen-bond donors (Lipinski definition) is 3. The number of aliphatic hydroxyl groups is 2. The molecule has 1 aliphatic heterocycles. The van der Waals surface area contributed by atoms with Gasteiger partial charge in [-0.2, -0.15) is 0 Å². The molecular formula is C20H24N2O4. The lowest BCUT2D eigenvalue weighted by molar-refractivity contribution is 0.0177. The van der Waals surface area contributed by atoms with Gasteiger partial charge in [0, 0.05) is 32.0 Å². The third kappa shape index (κ3) is 3.53. The molecule has 0 radical (unpaired) electrons. The Kier molecular flexibility index (Phi) is 4.56. The number of aromatic nitrogens is 1. The van der Waals surface area contributed by atoms with Gasteiger partial charge in [-0.05, 0) is 30.7 Å². The van der Waals surface area contributed by atoms with E-state index in [2.05, 4.69) is 9.88 Å². The maximum Gasteiger partial charge on any atom is 0.133 e. The highest BCUT2D eigenvalue weighted by Gasteiger charge is 2.52. The molecule has 1 saturated carbocycles. The van der Waals surface area contributed by atoms with Crippen LogP contribution in [0.4, 0.5) is 0 Å². The Morgan fingerprint density at radius 1 is 1.23 bits per heavy atom. The smallest absolute Gasteiger partial charge is 0.133 e. The summed E-state index contributed by atoms with van der Waals surface area (Å²) in [7, 11) is 0. The number of rotatable bonds is 5. The Morgan fingerprint density at radius 2 is 2.04 bits per heavy atom. The van der Waals surface area contributed by atoms with Crippen LogP contribution in [0.3, 0.4) is 0 Å². The van der Waals surface area contributed by atoms with E-state index in [4.69, 9.17) is 4.74 Å². The van der Waals surface area contributed by atoms with E-state index in [9.17, 15) is 15.3 Å². The molecular weight excluding hydrogens is 332 g/mol. The predicted molar refractivity (Wildman–Crippen MR) is 95.8 cm³/mol. The number of β-amino-alcohol motifs (C(OH)–C–C–N with tert-alkyl or cyclic N) is 2. The molecule has 26 heavy (non-hydrogen) atoms. The van der Waals surface area contributed by atoms with Crippen molar-refractivity contribution in [1.82, 2.24) is 9.88 Å². The lowest BCUT2D eigenvalue weighted by Crippen LogP contribution is -2.36. The van der Waals surface area contributed by atoms with Gasteiger partial charge < -0.3 is 20.1 Å². The number of benzene rings is 1. The Labute approximate surface area is 152 Å². The second-order valence-corrected chi connectivity index (χ2v) is 7.44. The topological polar surface area (TPSA) is 86.1 Å². The zero-order chi connectivity index (χ0) is 18.1. The van der Waals surface area contributed by atoms with Crippen LogP contribution in [0, 0.1) is 5.92 Å². The Bertz CT molecular complexity index is 739. The molecule has 2 fully saturated rings. The standard InChI is InChI=1S/C20H24N2O4/c23-15-6-7-18(21-10-15)19(24)12-22-11-14-8-17(9-20(14,25)13-22)26-16-4-2-1-3-5-16/h1-7,10,14,17,19,23-25H,8-9,11-13H2/t14-,17+,19-,20-/m1/s1. The van der Waals surface area contributed by atoms with E-state index < -0.39 is 11.7 Å². The highest BCUT2D eigenvalue weighted by molar-refractivity contribution is 5.22. The maximum absolute atomic E-state index is 11.0. The zero-order valence-electron chi connectivity index (χ0n) is 14.5. The summed E-state index contributed by atoms with van der Waals surface area (Å²) in [5, 5.41) is 30.7. The predicted octanol–water partition coefficient (Wildman–Crippen LogP) is 1.72. The van der Waals surface area contributed by atoms with Crippen molar-refractivity contribution in [3.8, 4) is 11.5 Å². The number of ether oxygens (including phenoxy) is 1. The molecule has 1 saturated heterocycles. The first kappa shape index (κ1) is 17.3. The molecule has 1 aliphatic carbocycles. The summed E-state index contributed by atoms with van der Waals surface area (Å²) >= 11 is 0. The number of aliphatic hydroxyl groups excluding tert-OH is 1. The molecule has 0 bridgehead atoms. The number of fused-ring (bicyclic) bond motifs is 1. The summed E-state index contributed by atoms with van der Waals surface area (Å²) in [6.45, 7) is 1.68. The summed E-state index contributed by atoms with van der Waals surface area (Å²) in [5.74, 6) is 1.07. The minimum Gasteiger partial charge on any atom is -0.506 e. The lowest BCUT2D eigenvalue weighted by atomic mass is 9.95. The third-order valence-corrected chi connectivity index (χ3v) is 5.45. The van der Waals surface area contributed by atoms with Crippen LogP contribution >= 0.6 is 0 Å². The second-order valence-electron chi connectivity index (χ2n) is 7.44. The van der Waals surface area contributed by atoms with Crippen LogP contribution in [-0.4, -0.2) is 56.5 Å². The summed E-state index contributed by atoms with van der Waals surface area (Å²) in [5.41, 5.74) is -0.237. The highest BCUT2D eigenvalue weighted by atomic mass is 16.5. The van der Waals surface area contributed by atoms with Crippen molar-refractivity contribution in [2.75, 3.05) is 19.6 Å². The van der Waals surface area contributed by atoms with Crippen molar-refractivity contribution in [2.45, 2.75) is 30.7 Å². The van der Waals surface area contributed by atoms with E-state index >= 15 is 0 Å². The summed E-state index contributed by atoms with van der Waals surface area (Å²) in [6.07, 6.45) is 2.04.